The fraction of sp³-hybridized carbons (Fsp3) is 0.412. The van der Waals surface area contributed by atoms with Gasteiger partial charge in [-0.2, -0.15) is 0 Å². The van der Waals surface area contributed by atoms with Gasteiger partial charge in [-0.15, -0.1) is 36.2 Å². The summed E-state index contributed by atoms with van der Waals surface area (Å²) in [7, 11) is 0. The van der Waals surface area contributed by atoms with Gasteiger partial charge in [0.05, 0.1) is 0 Å². The lowest BCUT2D eigenvalue weighted by Crippen LogP contribution is -2.40. The quantitative estimate of drug-likeness (QED) is 0.829. The Balaban J connectivity index is 0.00000121. The third-order valence-corrected chi connectivity index (χ3v) is 5.31. The van der Waals surface area contributed by atoms with Gasteiger partial charge in [-0.1, -0.05) is 0 Å². The van der Waals surface area contributed by atoms with Crippen LogP contribution in [0.15, 0.2) is 23.6 Å². The van der Waals surface area contributed by atoms with Crippen molar-refractivity contribution in [3.8, 4) is 22.1 Å². The number of benzene rings is 1. The Kier molecular flexibility index (Phi) is 7.11. The van der Waals surface area contributed by atoms with E-state index in [-0.39, 0.29) is 36.8 Å². The van der Waals surface area contributed by atoms with Crippen molar-refractivity contribution in [1.82, 2.24) is 9.88 Å². The number of ether oxygens (including phenoxy) is 2. The second kappa shape index (κ2) is 8.90. The standard InChI is InChI=1S/C17H19N3O3S.2ClH/c18-9-12-2-1-5-20(12)17(21)13-10-24-16(19-13)11-3-4-14-15(8-11)23-7-6-22-14;;/h3-4,8,10,12H,1-2,5-7,9,18H2;2*1H. The van der Waals surface area contributed by atoms with Gasteiger partial charge >= 0.3 is 0 Å². The largest absolute Gasteiger partial charge is 0.486 e. The average Bonchev–Trinajstić information content (AvgIpc) is 3.30. The maximum absolute atomic E-state index is 12.7. The number of amides is 1. The van der Waals surface area contributed by atoms with E-state index in [1.54, 1.807) is 0 Å². The molecule has 2 N–H and O–H groups in total. The van der Waals surface area contributed by atoms with Crippen LogP contribution in [0.5, 0.6) is 11.5 Å². The molecule has 1 fully saturated rings. The first-order valence-electron chi connectivity index (χ1n) is 8.13. The normalized spacial score (nSPS) is 18.0. The predicted molar refractivity (Wildman–Crippen MR) is 106 cm³/mol. The Morgan fingerprint density at radius 2 is 2.04 bits per heavy atom. The lowest BCUT2D eigenvalue weighted by Gasteiger charge is -2.22. The lowest BCUT2D eigenvalue weighted by atomic mass is 10.2. The molecule has 1 atom stereocenters. The molecule has 0 aliphatic carbocycles. The predicted octanol–water partition coefficient (Wildman–Crippen LogP) is 2.99. The Hall–Kier alpha value is -1.54. The minimum absolute atomic E-state index is 0. The maximum Gasteiger partial charge on any atom is 0.273 e. The number of aromatic nitrogens is 1. The van der Waals surface area contributed by atoms with Crippen molar-refractivity contribution in [2.75, 3.05) is 26.3 Å². The van der Waals surface area contributed by atoms with Crippen LogP contribution in [0.2, 0.25) is 0 Å². The van der Waals surface area contributed by atoms with Gasteiger partial charge in [0.25, 0.3) is 5.91 Å². The van der Waals surface area contributed by atoms with Gasteiger partial charge in [-0.25, -0.2) is 4.98 Å². The average molecular weight is 418 g/mol. The molecule has 1 unspecified atom stereocenters. The van der Waals surface area contributed by atoms with Crippen molar-refractivity contribution in [1.29, 1.82) is 0 Å². The zero-order chi connectivity index (χ0) is 16.5. The number of fused-ring (bicyclic) bond motifs is 1. The van der Waals surface area contributed by atoms with Crippen LogP contribution in [-0.4, -0.2) is 48.1 Å². The van der Waals surface area contributed by atoms with Gasteiger partial charge in [-0.3, -0.25) is 4.79 Å². The smallest absolute Gasteiger partial charge is 0.273 e. The second-order valence-electron chi connectivity index (χ2n) is 5.93. The number of halogens is 2. The molecule has 1 saturated heterocycles. The van der Waals surface area contributed by atoms with Crippen LogP contribution in [0.1, 0.15) is 23.3 Å². The van der Waals surface area contributed by atoms with E-state index in [0.717, 1.165) is 41.5 Å². The van der Waals surface area contributed by atoms with Gasteiger partial charge in [-0.05, 0) is 31.0 Å². The Bertz CT molecular complexity index is 771. The minimum atomic E-state index is -0.0250. The molecule has 4 rings (SSSR count). The summed E-state index contributed by atoms with van der Waals surface area (Å²) in [5.74, 6) is 1.45. The van der Waals surface area contributed by atoms with Crippen LogP contribution in [0.3, 0.4) is 0 Å². The van der Waals surface area contributed by atoms with Crippen molar-refractivity contribution >= 4 is 42.1 Å². The molecule has 1 aromatic carbocycles. The Labute approximate surface area is 168 Å². The molecule has 0 spiro atoms. The molecule has 6 nitrogen and oxygen atoms in total. The van der Waals surface area contributed by atoms with Crippen molar-refractivity contribution in [3.05, 3.63) is 29.3 Å². The highest BCUT2D eigenvalue weighted by molar-refractivity contribution is 7.13. The fourth-order valence-corrected chi connectivity index (χ4v) is 3.97. The van der Waals surface area contributed by atoms with E-state index in [1.165, 1.54) is 11.3 Å². The lowest BCUT2D eigenvalue weighted by molar-refractivity contribution is 0.0736. The molecular weight excluding hydrogens is 397 g/mol. The van der Waals surface area contributed by atoms with Gasteiger partial charge in [0.15, 0.2) is 11.5 Å². The van der Waals surface area contributed by atoms with Crippen LogP contribution >= 0.6 is 36.2 Å². The van der Waals surface area contributed by atoms with E-state index in [4.69, 9.17) is 15.2 Å². The summed E-state index contributed by atoms with van der Waals surface area (Å²) >= 11 is 1.46. The number of carbonyl (C=O) groups excluding carboxylic acids is 1. The molecule has 2 aliphatic heterocycles. The van der Waals surface area contributed by atoms with Crippen molar-refractivity contribution in [2.45, 2.75) is 18.9 Å². The molecule has 142 valence electrons. The van der Waals surface area contributed by atoms with Crippen molar-refractivity contribution in [3.63, 3.8) is 0 Å². The molecule has 2 aliphatic rings. The summed E-state index contributed by atoms with van der Waals surface area (Å²) in [5.41, 5.74) is 7.19. The zero-order valence-electron chi connectivity index (χ0n) is 14.1. The molecule has 0 bridgehead atoms. The number of likely N-dealkylation sites (tertiary alicyclic amines) is 1. The van der Waals surface area contributed by atoms with Gasteiger partial charge in [0.1, 0.15) is 23.9 Å². The van der Waals surface area contributed by atoms with E-state index in [0.29, 0.717) is 25.5 Å². The maximum atomic E-state index is 12.7. The molecule has 3 heterocycles. The molecule has 1 aromatic heterocycles. The molecule has 1 amide bonds. The van der Waals surface area contributed by atoms with Crippen LogP contribution in [0, 0.1) is 0 Å². The highest BCUT2D eigenvalue weighted by Gasteiger charge is 2.29. The van der Waals surface area contributed by atoms with Gasteiger partial charge < -0.3 is 20.1 Å². The van der Waals surface area contributed by atoms with Crippen LogP contribution in [0.25, 0.3) is 10.6 Å². The number of hydrogen-bond acceptors (Lipinski definition) is 6. The Morgan fingerprint density at radius 3 is 2.81 bits per heavy atom. The van der Waals surface area contributed by atoms with E-state index in [9.17, 15) is 4.79 Å². The fourth-order valence-electron chi connectivity index (χ4n) is 3.18. The number of hydrogen-bond donors (Lipinski definition) is 1. The molecule has 9 heteroatoms. The second-order valence-corrected chi connectivity index (χ2v) is 6.78. The minimum Gasteiger partial charge on any atom is -0.486 e. The monoisotopic (exact) mass is 417 g/mol. The number of thiazole rings is 1. The molecule has 26 heavy (non-hydrogen) atoms. The van der Waals surface area contributed by atoms with Crippen molar-refractivity contribution < 1.29 is 14.3 Å². The first kappa shape index (κ1) is 20.8. The highest BCUT2D eigenvalue weighted by atomic mass is 35.5. The van der Waals surface area contributed by atoms with Gasteiger partial charge in [0, 0.05) is 30.1 Å². The summed E-state index contributed by atoms with van der Waals surface area (Å²) in [6, 6.07) is 5.88. The third-order valence-electron chi connectivity index (χ3n) is 4.42. The molecule has 2 aromatic rings. The van der Waals surface area contributed by atoms with E-state index >= 15 is 0 Å². The van der Waals surface area contributed by atoms with E-state index in [2.05, 4.69) is 4.98 Å². The van der Waals surface area contributed by atoms with E-state index in [1.807, 2.05) is 28.5 Å². The summed E-state index contributed by atoms with van der Waals surface area (Å²) in [5, 5.41) is 2.62. The zero-order valence-corrected chi connectivity index (χ0v) is 16.5. The Morgan fingerprint density at radius 1 is 1.27 bits per heavy atom. The van der Waals surface area contributed by atoms with E-state index < -0.39 is 0 Å². The topological polar surface area (TPSA) is 77.7 Å². The number of nitrogens with two attached hydrogens (primary N) is 1. The van der Waals surface area contributed by atoms with Gasteiger partial charge in [0.2, 0.25) is 0 Å². The number of nitrogens with zero attached hydrogens (tertiary/aromatic N) is 2. The van der Waals surface area contributed by atoms with Crippen LogP contribution < -0.4 is 15.2 Å². The first-order valence-corrected chi connectivity index (χ1v) is 9.01. The van der Waals surface area contributed by atoms with Crippen molar-refractivity contribution in [2.24, 2.45) is 5.73 Å². The summed E-state index contributed by atoms with van der Waals surface area (Å²) < 4.78 is 11.1. The molecule has 0 saturated carbocycles. The first-order chi connectivity index (χ1) is 11.8. The number of carbonyl (C=O) groups is 1. The molecular formula is C17H21Cl2N3O3S. The van der Waals surface area contributed by atoms with Crippen LogP contribution in [0.4, 0.5) is 0 Å². The summed E-state index contributed by atoms with van der Waals surface area (Å²) in [6.45, 7) is 2.39. The number of rotatable bonds is 3. The third kappa shape index (κ3) is 3.91. The summed E-state index contributed by atoms with van der Waals surface area (Å²) in [4.78, 5) is 19.0. The highest BCUT2D eigenvalue weighted by Crippen LogP contribution is 2.35. The van der Waals surface area contributed by atoms with Crippen LogP contribution in [-0.2, 0) is 0 Å². The SMILES string of the molecule is Cl.Cl.NCC1CCCN1C(=O)c1csc(-c2ccc3c(c2)OCCO3)n1. The summed E-state index contributed by atoms with van der Waals surface area (Å²) in [6.07, 6.45) is 1.98. The molecule has 0 radical (unpaired) electrons.